The normalized spacial score (nSPS) is 23.3. The molecule has 1 N–H and O–H groups in total. The Bertz CT molecular complexity index is 675. The molecule has 0 aromatic heterocycles. The van der Waals surface area contributed by atoms with Crippen LogP contribution in [0.1, 0.15) is 19.3 Å². The molecule has 1 aromatic carbocycles. The van der Waals surface area contributed by atoms with E-state index in [0.717, 1.165) is 17.1 Å². The quantitative estimate of drug-likeness (QED) is 0.923. The number of allylic oxidation sites excluding steroid dienone is 1. The van der Waals surface area contributed by atoms with E-state index < -0.39 is 15.8 Å². The van der Waals surface area contributed by atoms with E-state index in [2.05, 4.69) is 5.32 Å². The molecule has 7 heteroatoms. The van der Waals surface area contributed by atoms with Crippen molar-refractivity contribution in [1.82, 2.24) is 0 Å². The lowest BCUT2D eigenvalue weighted by atomic mass is 10.1. The third-order valence-electron chi connectivity index (χ3n) is 3.87. The first-order valence-corrected chi connectivity index (χ1v) is 9.01. The molecule has 1 saturated heterocycles. The number of nitrogens with one attached hydrogen (secondary N) is 1. The van der Waals surface area contributed by atoms with Gasteiger partial charge in [0.05, 0.1) is 24.2 Å². The van der Waals surface area contributed by atoms with E-state index in [4.69, 9.17) is 4.74 Å². The van der Waals surface area contributed by atoms with E-state index in [1.807, 2.05) is 6.08 Å². The van der Waals surface area contributed by atoms with Crippen molar-refractivity contribution < 1.29 is 17.5 Å². The fraction of sp³-hybridized carbons (Fsp3) is 0.467. The van der Waals surface area contributed by atoms with Crippen LogP contribution in [0.25, 0.3) is 0 Å². The van der Waals surface area contributed by atoms with E-state index in [9.17, 15) is 12.8 Å². The van der Waals surface area contributed by atoms with Gasteiger partial charge in [0, 0.05) is 12.2 Å². The van der Waals surface area contributed by atoms with Gasteiger partial charge in [0.2, 0.25) is 10.0 Å². The number of hydrogen-bond acceptors (Lipinski definition) is 4. The van der Waals surface area contributed by atoms with Crippen LogP contribution in [-0.2, 0) is 14.8 Å². The van der Waals surface area contributed by atoms with E-state index in [1.54, 1.807) is 18.4 Å². The average molecular weight is 326 g/mol. The van der Waals surface area contributed by atoms with Gasteiger partial charge in [-0.25, -0.2) is 12.8 Å². The van der Waals surface area contributed by atoms with Crippen molar-refractivity contribution in [1.29, 1.82) is 0 Å². The summed E-state index contributed by atoms with van der Waals surface area (Å²) in [5.74, 6) is -0.445. The van der Waals surface area contributed by atoms with Crippen molar-refractivity contribution in [2.75, 3.05) is 28.5 Å². The van der Waals surface area contributed by atoms with E-state index in [0.29, 0.717) is 25.2 Å². The number of benzene rings is 1. The lowest BCUT2D eigenvalue weighted by Crippen LogP contribution is -2.26. The van der Waals surface area contributed by atoms with E-state index in [1.165, 1.54) is 6.07 Å². The van der Waals surface area contributed by atoms with Gasteiger partial charge in [-0.05, 0) is 43.5 Å². The smallest absolute Gasteiger partial charge is 0.235 e. The van der Waals surface area contributed by atoms with Gasteiger partial charge in [-0.1, -0.05) is 0 Å². The maximum absolute atomic E-state index is 14.0. The van der Waals surface area contributed by atoms with Crippen LogP contribution in [0.2, 0.25) is 0 Å². The summed E-state index contributed by atoms with van der Waals surface area (Å²) in [6, 6.07) is 4.46. The molecule has 1 fully saturated rings. The number of anilines is 2. The molecule has 0 amide bonds. The highest BCUT2D eigenvalue weighted by molar-refractivity contribution is 7.93. The summed E-state index contributed by atoms with van der Waals surface area (Å²) < 4.78 is 44.5. The Morgan fingerprint density at radius 1 is 1.41 bits per heavy atom. The standard InChI is InChI=1S/C15H19FN2O3S/c16-14-6-5-12(17-11-13-4-1-2-8-21-13)10-15(14)18-7-3-9-22(18,19)20/h2,5-6,8,10,13,17H,1,3-4,7,9,11H2/t13-/m1/s1. The van der Waals surface area contributed by atoms with Crippen LogP contribution in [0.15, 0.2) is 30.5 Å². The van der Waals surface area contributed by atoms with Crippen LogP contribution in [-0.4, -0.2) is 33.4 Å². The molecule has 2 aliphatic heterocycles. The monoisotopic (exact) mass is 326 g/mol. The molecular formula is C15H19FN2O3S. The minimum atomic E-state index is -3.38. The molecule has 0 aliphatic carbocycles. The third-order valence-corrected chi connectivity index (χ3v) is 5.73. The molecular weight excluding hydrogens is 307 g/mol. The number of sulfonamides is 1. The first-order chi connectivity index (χ1) is 10.6. The number of ether oxygens (including phenoxy) is 1. The molecule has 5 nitrogen and oxygen atoms in total. The lowest BCUT2D eigenvalue weighted by molar-refractivity contribution is 0.135. The Morgan fingerprint density at radius 2 is 2.27 bits per heavy atom. The van der Waals surface area contributed by atoms with Crippen LogP contribution in [0.4, 0.5) is 15.8 Å². The zero-order chi connectivity index (χ0) is 15.6. The predicted molar refractivity (Wildman–Crippen MR) is 83.9 cm³/mol. The highest BCUT2D eigenvalue weighted by Gasteiger charge is 2.30. The largest absolute Gasteiger partial charge is 0.497 e. The Labute approximate surface area is 129 Å². The van der Waals surface area contributed by atoms with Gasteiger partial charge in [0.15, 0.2) is 0 Å². The SMILES string of the molecule is O=S1(=O)CCCN1c1cc(NC[C@H]2CCC=CO2)ccc1F. The molecule has 2 aliphatic rings. The average Bonchev–Trinajstić information content (AvgIpc) is 2.87. The number of halogens is 1. The second-order valence-electron chi connectivity index (χ2n) is 5.50. The summed E-state index contributed by atoms with van der Waals surface area (Å²) >= 11 is 0. The molecule has 2 heterocycles. The highest BCUT2D eigenvalue weighted by Crippen LogP contribution is 2.29. The highest BCUT2D eigenvalue weighted by atomic mass is 32.2. The topological polar surface area (TPSA) is 58.6 Å². The Balaban J connectivity index is 1.74. The zero-order valence-electron chi connectivity index (χ0n) is 12.2. The molecule has 120 valence electrons. The number of rotatable bonds is 4. The van der Waals surface area contributed by atoms with Gasteiger partial charge in [0.1, 0.15) is 11.9 Å². The van der Waals surface area contributed by atoms with E-state index >= 15 is 0 Å². The van der Waals surface area contributed by atoms with Crippen molar-refractivity contribution in [3.63, 3.8) is 0 Å². The molecule has 0 radical (unpaired) electrons. The Morgan fingerprint density at radius 3 is 2.95 bits per heavy atom. The fourth-order valence-corrected chi connectivity index (χ4v) is 4.25. The molecule has 0 bridgehead atoms. The Hall–Kier alpha value is -1.76. The molecule has 1 atom stereocenters. The maximum atomic E-state index is 14.0. The van der Waals surface area contributed by atoms with Gasteiger partial charge in [-0.15, -0.1) is 0 Å². The van der Waals surface area contributed by atoms with Gasteiger partial charge in [0.25, 0.3) is 0 Å². The van der Waals surface area contributed by atoms with Crippen molar-refractivity contribution in [2.24, 2.45) is 0 Å². The third kappa shape index (κ3) is 3.19. The summed E-state index contributed by atoms with van der Waals surface area (Å²) in [7, 11) is -3.38. The minimum absolute atomic E-state index is 0.0757. The second-order valence-corrected chi connectivity index (χ2v) is 7.51. The van der Waals surface area contributed by atoms with Crippen LogP contribution < -0.4 is 9.62 Å². The molecule has 0 unspecified atom stereocenters. The molecule has 0 saturated carbocycles. The van der Waals surface area contributed by atoms with Crippen LogP contribution in [0.3, 0.4) is 0 Å². The summed E-state index contributed by atoms with van der Waals surface area (Å²) in [5.41, 5.74) is 0.809. The van der Waals surface area contributed by atoms with Crippen LogP contribution in [0, 0.1) is 5.82 Å². The van der Waals surface area contributed by atoms with Gasteiger partial charge < -0.3 is 10.1 Å². The number of hydrogen-bond donors (Lipinski definition) is 1. The first kappa shape index (κ1) is 15.1. The molecule has 3 rings (SSSR count). The van der Waals surface area contributed by atoms with Crippen LogP contribution in [0.5, 0.6) is 0 Å². The maximum Gasteiger partial charge on any atom is 0.235 e. The van der Waals surface area contributed by atoms with Crippen molar-refractivity contribution in [2.45, 2.75) is 25.4 Å². The predicted octanol–water partition coefficient (Wildman–Crippen LogP) is 2.47. The van der Waals surface area contributed by atoms with Crippen LogP contribution >= 0.6 is 0 Å². The molecule has 1 aromatic rings. The number of nitrogens with zero attached hydrogens (tertiary/aromatic N) is 1. The second kappa shape index (κ2) is 6.16. The van der Waals surface area contributed by atoms with Crippen molar-refractivity contribution in [3.8, 4) is 0 Å². The summed E-state index contributed by atoms with van der Waals surface area (Å²) in [6.45, 7) is 0.932. The summed E-state index contributed by atoms with van der Waals surface area (Å²) in [4.78, 5) is 0. The lowest BCUT2D eigenvalue weighted by Gasteiger charge is -2.22. The van der Waals surface area contributed by atoms with Gasteiger partial charge in [-0.2, -0.15) is 0 Å². The minimum Gasteiger partial charge on any atom is -0.497 e. The summed E-state index contributed by atoms with van der Waals surface area (Å²) in [5, 5.41) is 3.19. The van der Waals surface area contributed by atoms with Crippen molar-refractivity contribution >= 4 is 21.4 Å². The van der Waals surface area contributed by atoms with Crippen molar-refractivity contribution in [3.05, 3.63) is 36.4 Å². The first-order valence-electron chi connectivity index (χ1n) is 7.40. The molecule has 0 spiro atoms. The Kier molecular flexibility index (Phi) is 4.24. The van der Waals surface area contributed by atoms with E-state index in [-0.39, 0.29) is 17.5 Å². The summed E-state index contributed by atoms with van der Waals surface area (Å²) in [6.07, 6.45) is 6.19. The zero-order valence-corrected chi connectivity index (χ0v) is 13.0. The van der Waals surface area contributed by atoms with Gasteiger partial charge in [-0.3, -0.25) is 4.31 Å². The van der Waals surface area contributed by atoms with Gasteiger partial charge >= 0.3 is 0 Å². The molecule has 22 heavy (non-hydrogen) atoms. The fourth-order valence-electron chi connectivity index (χ4n) is 2.69.